The topological polar surface area (TPSA) is 74.7 Å². The molecular formula is C22H24ClNO4S. The number of halogens is 1. The van der Waals surface area contributed by atoms with Crippen molar-refractivity contribution in [2.75, 3.05) is 6.54 Å². The van der Waals surface area contributed by atoms with Gasteiger partial charge in [-0.05, 0) is 60.1 Å². The molecule has 1 saturated carbocycles. The summed E-state index contributed by atoms with van der Waals surface area (Å²) in [6, 6.07) is 13.0. The quantitative estimate of drug-likeness (QED) is 0.760. The second-order valence-corrected chi connectivity index (χ2v) is 10.3. The maximum atomic E-state index is 13.3. The number of fused-ring (bicyclic) bond motifs is 1. The summed E-state index contributed by atoms with van der Waals surface area (Å²) in [5.41, 5.74) is 1.81. The smallest absolute Gasteiger partial charge is 0.322 e. The molecule has 1 aliphatic carbocycles. The van der Waals surface area contributed by atoms with Gasteiger partial charge in [0.15, 0.2) is 0 Å². The van der Waals surface area contributed by atoms with Crippen LogP contribution in [0.2, 0.25) is 5.02 Å². The molecule has 0 bridgehead atoms. The molecule has 1 saturated heterocycles. The van der Waals surface area contributed by atoms with E-state index in [4.69, 9.17) is 11.6 Å². The minimum absolute atomic E-state index is 0.0990. The van der Waals surface area contributed by atoms with E-state index in [-0.39, 0.29) is 17.4 Å². The zero-order valence-electron chi connectivity index (χ0n) is 16.0. The van der Waals surface area contributed by atoms with E-state index in [0.29, 0.717) is 10.9 Å². The van der Waals surface area contributed by atoms with E-state index in [1.807, 2.05) is 12.1 Å². The second-order valence-electron chi connectivity index (χ2n) is 7.93. The zero-order valence-corrected chi connectivity index (χ0v) is 17.6. The SMILES string of the molecule is O=C(O)C1C2CCCCC2CCN1S(=O)(=O)c1ccc(-c2ccc(Cl)cc2)cc1. The molecule has 0 aromatic heterocycles. The highest BCUT2D eigenvalue weighted by molar-refractivity contribution is 7.89. The lowest BCUT2D eigenvalue weighted by Gasteiger charge is -2.44. The molecule has 1 aliphatic heterocycles. The third-order valence-electron chi connectivity index (χ3n) is 6.30. The number of piperidine rings is 1. The van der Waals surface area contributed by atoms with Gasteiger partial charge in [-0.3, -0.25) is 4.79 Å². The average Bonchev–Trinajstić information content (AvgIpc) is 2.73. The van der Waals surface area contributed by atoms with Crippen LogP contribution in [0.4, 0.5) is 0 Å². The molecule has 0 amide bonds. The van der Waals surface area contributed by atoms with E-state index >= 15 is 0 Å². The van der Waals surface area contributed by atoms with Crippen molar-refractivity contribution < 1.29 is 18.3 Å². The van der Waals surface area contributed by atoms with E-state index in [9.17, 15) is 18.3 Å². The Morgan fingerprint density at radius 3 is 2.14 bits per heavy atom. The minimum atomic E-state index is -3.88. The molecule has 2 aromatic carbocycles. The molecule has 7 heteroatoms. The summed E-state index contributed by atoms with van der Waals surface area (Å²) in [6.07, 6.45) is 4.58. The molecular weight excluding hydrogens is 410 g/mol. The van der Waals surface area contributed by atoms with Crippen molar-refractivity contribution in [3.8, 4) is 11.1 Å². The Labute approximate surface area is 176 Å². The minimum Gasteiger partial charge on any atom is -0.480 e. The summed E-state index contributed by atoms with van der Waals surface area (Å²) >= 11 is 5.93. The Balaban J connectivity index is 1.63. The first kappa shape index (κ1) is 20.4. The first-order chi connectivity index (χ1) is 13.9. The summed E-state index contributed by atoms with van der Waals surface area (Å²) < 4.78 is 27.8. The van der Waals surface area contributed by atoms with Crippen LogP contribution in [0.1, 0.15) is 32.1 Å². The largest absolute Gasteiger partial charge is 0.480 e. The molecule has 3 atom stereocenters. The van der Waals surface area contributed by atoms with Crippen LogP contribution in [0.5, 0.6) is 0 Å². The highest BCUT2D eigenvalue weighted by Crippen LogP contribution is 2.42. The molecule has 0 spiro atoms. The van der Waals surface area contributed by atoms with Crippen molar-refractivity contribution in [2.45, 2.75) is 43.0 Å². The van der Waals surface area contributed by atoms with Gasteiger partial charge in [0.1, 0.15) is 6.04 Å². The summed E-state index contributed by atoms with van der Waals surface area (Å²) in [6.45, 7) is 0.263. The number of benzene rings is 2. The number of hydrogen-bond acceptors (Lipinski definition) is 3. The van der Waals surface area contributed by atoms with Gasteiger partial charge in [0.2, 0.25) is 10.0 Å². The molecule has 2 fully saturated rings. The first-order valence-corrected chi connectivity index (χ1v) is 11.8. The average molecular weight is 434 g/mol. The van der Waals surface area contributed by atoms with Gasteiger partial charge in [0.25, 0.3) is 0 Å². The predicted octanol–water partition coefficient (Wildman–Crippen LogP) is 4.66. The molecule has 2 aromatic rings. The number of carbonyl (C=O) groups is 1. The number of nitrogens with zero attached hydrogens (tertiary/aromatic N) is 1. The van der Waals surface area contributed by atoms with Crippen molar-refractivity contribution in [1.82, 2.24) is 4.31 Å². The molecule has 4 rings (SSSR count). The molecule has 1 heterocycles. The van der Waals surface area contributed by atoms with Crippen molar-refractivity contribution in [2.24, 2.45) is 11.8 Å². The van der Waals surface area contributed by atoms with E-state index in [1.165, 1.54) is 4.31 Å². The number of hydrogen-bond donors (Lipinski definition) is 1. The summed E-state index contributed by atoms with van der Waals surface area (Å²) in [4.78, 5) is 12.2. The fraction of sp³-hybridized carbons (Fsp3) is 0.409. The lowest BCUT2D eigenvalue weighted by atomic mass is 9.71. The number of sulfonamides is 1. The Morgan fingerprint density at radius 2 is 1.52 bits per heavy atom. The standard InChI is InChI=1S/C22H24ClNO4S/c23-18-9-5-15(6-10-18)16-7-11-19(12-8-16)29(27,28)24-14-13-17-3-1-2-4-20(17)21(24)22(25)26/h5-12,17,20-21H,1-4,13-14H2,(H,25,26). The summed E-state index contributed by atoms with van der Waals surface area (Å²) in [5, 5.41) is 10.5. The van der Waals surface area contributed by atoms with Gasteiger partial charge in [-0.15, -0.1) is 0 Å². The monoisotopic (exact) mass is 433 g/mol. The van der Waals surface area contributed by atoms with Crippen LogP contribution in [-0.4, -0.2) is 36.4 Å². The normalized spacial score (nSPS) is 25.3. The fourth-order valence-corrected chi connectivity index (χ4v) is 6.60. The second kappa shape index (κ2) is 8.09. The summed E-state index contributed by atoms with van der Waals surface area (Å²) in [7, 11) is -3.88. The predicted molar refractivity (Wildman–Crippen MR) is 112 cm³/mol. The van der Waals surface area contributed by atoms with Gasteiger partial charge in [0, 0.05) is 11.6 Å². The first-order valence-electron chi connectivity index (χ1n) is 9.98. The molecule has 5 nitrogen and oxygen atoms in total. The van der Waals surface area contributed by atoms with Crippen LogP contribution in [0.15, 0.2) is 53.4 Å². The number of rotatable bonds is 4. The van der Waals surface area contributed by atoms with Crippen LogP contribution in [0.25, 0.3) is 11.1 Å². The van der Waals surface area contributed by atoms with Gasteiger partial charge in [0.05, 0.1) is 4.90 Å². The van der Waals surface area contributed by atoms with Gasteiger partial charge in [-0.25, -0.2) is 8.42 Å². The van der Waals surface area contributed by atoms with Crippen LogP contribution in [-0.2, 0) is 14.8 Å². The van der Waals surface area contributed by atoms with Gasteiger partial charge in [-0.2, -0.15) is 4.31 Å². The van der Waals surface area contributed by atoms with Crippen molar-refractivity contribution in [3.05, 3.63) is 53.6 Å². The van der Waals surface area contributed by atoms with E-state index < -0.39 is 22.0 Å². The van der Waals surface area contributed by atoms with Gasteiger partial charge < -0.3 is 5.11 Å². The van der Waals surface area contributed by atoms with Crippen molar-refractivity contribution in [3.63, 3.8) is 0 Å². The molecule has 154 valence electrons. The Bertz CT molecular complexity index is 988. The Morgan fingerprint density at radius 1 is 0.931 bits per heavy atom. The zero-order chi connectivity index (χ0) is 20.6. The summed E-state index contributed by atoms with van der Waals surface area (Å²) in [5.74, 6) is -0.829. The van der Waals surface area contributed by atoms with E-state index in [2.05, 4.69) is 0 Å². The van der Waals surface area contributed by atoms with Crippen LogP contribution in [0, 0.1) is 11.8 Å². The maximum Gasteiger partial charge on any atom is 0.322 e. The molecule has 29 heavy (non-hydrogen) atoms. The fourth-order valence-electron chi connectivity index (χ4n) is 4.83. The Kier molecular flexibility index (Phi) is 5.69. The molecule has 0 radical (unpaired) electrons. The van der Waals surface area contributed by atoms with Crippen molar-refractivity contribution in [1.29, 1.82) is 0 Å². The lowest BCUT2D eigenvalue weighted by molar-refractivity contribution is -0.146. The van der Waals surface area contributed by atoms with Crippen LogP contribution < -0.4 is 0 Å². The maximum absolute atomic E-state index is 13.3. The molecule has 1 N–H and O–H groups in total. The Hall–Kier alpha value is -1.89. The van der Waals surface area contributed by atoms with E-state index in [1.54, 1.807) is 36.4 Å². The van der Waals surface area contributed by atoms with Crippen LogP contribution >= 0.6 is 11.6 Å². The highest BCUT2D eigenvalue weighted by atomic mass is 35.5. The van der Waals surface area contributed by atoms with Gasteiger partial charge in [-0.1, -0.05) is 55.1 Å². The third-order valence-corrected chi connectivity index (χ3v) is 8.44. The molecule has 3 unspecified atom stereocenters. The number of carboxylic acids is 1. The lowest BCUT2D eigenvalue weighted by Crippen LogP contribution is -2.55. The number of carboxylic acid groups (broad SMARTS) is 1. The number of aliphatic carboxylic acids is 1. The third kappa shape index (κ3) is 3.93. The van der Waals surface area contributed by atoms with Crippen molar-refractivity contribution >= 4 is 27.6 Å². The van der Waals surface area contributed by atoms with Crippen LogP contribution in [0.3, 0.4) is 0 Å². The van der Waals surface area contributed by atoms with E-state index in [0.717, 1.165) is 43.2 Å². The highest BCUT2D eigenvalue weighted by Gasteiger charge is 2.47. The van der Waals surface area contributed by atoms with Gasteiger partial charge >= 0.3 is 5.97 Å². The molecule has 2 aliphatic rings.